The maximum Gasteiger partial charge on any atom is 0.255 e. The summed E-state index contributed by atoms with van der Waals surface area (Å²) in [6, 6.07) is 10.6. The Morgan fingerprint density at radius 2 is 1.96 bits per heavy atom. The van der Waals surface area contributed by atoms with Crippen molar-refractivity contribution in [2.75, 3.05) is 26.2 Å². The fourth-order valence-corrected chi connectivity index (χ4v) is 3.33. The number of H-pyrrole nitrogens is 1. The van der Waals surface area contributed by atoms with E-state index in [1.165, 1.54) is 5.56 Å². The second kappa shape index (κ2) is 7.01. The van der Waals surface area contributed by atoms with Gasteiger partial charge in [0.15, 0.2) is 0 Å². The molecule has 1 aromatic carbocycles. The highest BCUT2D eigenvalue weighted by molar-refractivity contribution is 5.95. The van der Waals surface area contributed by atoms with Gasteiger partial charge in [-0.3, -0.25) is 9.69 Å². The SMILES string of the molecule is Cc1c[nH]cc1C(=O)N1CCN(Cc2ccccc2)C[C@H](C)C1. The number of hydrogen-bond donors (Lipinski definition) is 1. The molecule has 4 heteroatoms. The quantitative estimate of drug-likeness (QED) is 0.946. The van der Waals surface area contributed by atoms with Crippen LogP contribution in [0.15, 0.2) is 42.7 Å². The van der Waals surface area contributed by atoms with Gasteiger partial charge in [-0.25, -0.2) is 0 Å². The number of nitrogens with one attached hydrogen (secondary N) is 1. The highest BCUT2D eigenvalue weighted by Gasteiger charge is 2.25. The summed E-state index contributed by atoms with van der Waals surface area (Å²) in [5.74, 6) is 0.626. The van der Waals surface area contributed by atoms with Gasteiger partial charge in [-0.1, -0.05) is 37.3 Å². The van der Waals surface area contributed by atoms with Gasteiger partial charge in [0.25, 0.3) is 5.91 Å². The Balaban J connectivity index is 1.66. The first-order chi connectivity index (χ1) is 11.1. The van der Waals surface area contributed by atoms with Gasteiger partial charge in [0.2, 0.25) is 0 Å². The standard InChI is InChI=1S/C19H25N3O/c1-15-12-21(14-17-6-4-3-5-7-17)8-9-22(13-15)19(23)18-11-20-10-16(18)2/h3-7,10-11,15,20H,8-9,12-14H2,1-2H3/t15-/m0/s1. The van der Waals surface area contributed by atoms with Crippen LogP contribution in [-0.4, -0.2) is 46.9 Å². The van der Waals surface area contributed by atoms with E-state index in [0.29, 0.717) is 5.92 Å². The van der Waals surface area contributed by atoms with Crippen molar-refractivity contribution in [2.45, 2.75) is 20.4 Å². The lowest BCUT2D eigenvalue weighted by Crippen LogP contribution is -2.35. The maximum absolute atomic E-state index is 12.7. The number of rotatable bonds is 3. The Kier molecular flexibility index (Phi) is 4.82. The summed E-state index contributed by atoms with van der Waals surface area (Å²) in [7, 11) is 0. The van der Waals surface area contributed by atoms with Crippen molar-refractivity contribution < 1.29 is 4.79 Å². The Bertz CT molecular complexity index is 650. The number of hydrogen-bond acceptors (Lipinski definition) is 2. The van der Waals surface area contributed by atoms with E-state index in [0.717, 1.165) is 43.9 Å². The molecule has 1 N–H and O–H groups in total. The molecule has 0 radical (unpaired) electrons. The third kappa shape index (κ3) is 3.82. The molecule has 0 aliphatic carbocycles. The van der Waals surface area contributed by atoms with Gasteiger partial charge in [-0.05, 0) is 24.0 Å². The molecule has 2 heterocycles. The van der Waals surface area contributed by atoms with Gasteiger partial charge in [-0.2, -0.15) is 0 Å². The molecule has 122 valence electrons. The minimum Gasteiger partial charge on any atom is -0.367 e. The molecule has 1 amide bonds. The van der Waals surface area contributed by atoms with E-state index in [-0.39, 0.29) is 5.91 Å². The summed E-state index contributed by atoms with van der Waals surface area (Å²) >= 11 is 0. The van der Waals surface area contributed by atoms with Crippen LogP contribution in [0.2, 0.25) is 0 Å². The van der Waals surface area contributed by atoms with Gasteiger partial charge in [0, 0.05) is 45.1 Å². The number of benzene rings is 1. The van der Waals surface area contributed by atoms with Gasteiger partial charge >= 0.3 is 0 Å². The predicted molar refractivity (Wildman–Crippen MR) is 92.3 cm³/mol. The van der Waals surface area contributed by atoms with Crippen LogP contribution < -0.4 is 0 Å². The van der Waals surface area contributed by atoms with Crippen molar-refractivity contribution in [1.82, 2.24) is 14.8 Å². The molecule has 1 aliphatic rings. The second-order valence-corrected chi connectivity index (χ2v) is 6.63. The van der Waals surface area contributed by atoms with Crippen molar-refractivity contribution in [3.63, 3.8) is 0 Å². The molecule has 4 nitrogen and oxygen atoms in total. The average Bonchev–Trinajstić information content (AvgIpc) is 2.88. The first-order valence-corrected chi connectivity index (χ1v) is 8.32. The first kappa shape index (κ1) is 15.8. The van der Waals surface area contributed by atoms with Crippen molar-refractivity contribution in [3.05, 3.63) is 59.4 Å². The van der Waals surface area contributed by atoms with E-state index >= 15 is 0 Å². The summed E-state index contributed by atoms with van der Waals surface area (Å²) < 4.78 is 0. The fourth-order valence-electron chi connectivity index (χ4n) is 3.33. The number of aromatic nitrogens is 1. The highest BCUT2D eigenvalue weighted by atomic mass is 16.2. The van der Waals surface area contributed by atoms with E-state index in [9.17, 15) is 4.79 Å². The Hall–Kier alpha value is -2.07. The molecular formula is C19H25N3O. The molecule has 0 spiro atoms. The van der Waals surface area contributed by atoms with E-state index in [1.54, 1.807) is 0 Å². The third-order valence-electron chi connectivity index (χ3n) is 4.51. The first-order valence-electron chi connectivity index (χ1n) is 8.32. The smallest absolute Gasteiger partial charge is 0.255 e. The fraction of sp³-hybridized carbons (Fsp3) is 0.421. The molecular weight excluding hydrogens is 286 g/mol. The number of carbonyl (C=O) groups excluding carboxylic acids is 1. The van der Waals surface area contributed by atoms with Crippen molar-refractivity contribution in [2.24, 2.45) is 5.92 Å². The van der Waals surface area contributed by atoms with Crippen LogP contribution in [0.4, 0.5) is 0 Å². The van der Waals surface area contributed by atoms with Crippen molar-refractivity contribution >= 4 is 5.91 Å². The van der Waals surface area contributed by atoms with Gasteiger partial charge < -0.3 is 9.88 Å². The van der Waals surface area contributed by atoms with Crippen molar-refractivity contribution in [1.29, 1.82) is 0 Å². The number of carbonyl (C=O) groups is 1. The zero-order valence-corrected chi connectivity index (χ0v) is 14.0. The summed E-state index contributed by atoms with van der Waals surface area (Å²) in [4.78, 5) is 20.2. The lowest BCUT2D eigenvalue weighted by molar-refractivity contribution is 0.0748. The van der Waals surface area contributed by atoms with E-state index in [2.05, 4.69) is 41.1 Å². The largest absolute Gasteiger partial charge is 0.367 e. The molecule has 2 aromatic rings. The number of amides is 1. The normalized spacial score (nSPS) is 19.6. The summed E-state index contributed by atoms with van der Waals surface area (Å²) in [5, 5.41) is 0. The summed E-state index contributed by atoms with van der Waals surface area (Å²) in [6.45, 7) is 8.74. The van der Waals surface area contributed by atoms with Crippen LogP contribution >= 0.6 is 0 Å². The van der Waals surface area contributed by atoms with Crippen LogP contribution in [0.3, 0.4) is 0 Å². The van der Waals surface area contributed by atoms with E-state index in [1.807, 2.05) is 30.3 Å². The number of aryl methyl sites for hydroxylation is 1. The van der Waals surface area contributed by atoms with Gasteiger partial charge in [0.1, 0.15) is 0 Å². The molecule has 0 saturated carbocycles. The lowest BCUT2D eigenvalue weighted by atomic mass is 10.1. The second-order valence-electron chi connectivity index (χ2n) is 6.63. The average molecular weight is 311 g/mol. The summed E-state index contributed by atoms with van der Waals surface area (Å²) in [5.41, 5.74) is 3.16. The Morgan fingerprint density at radius 3 is 2.65 bits per heavy atom. The summed E-state index contributed by atoms with van der Waals surface area (Å²) in [6.07, 6.45) is 3.70. The topological polar surface area (TPSA) is 39.3 Å². The van der Waals surface area contributed by atoms with Gasteiger partial charge in [0.05, 0.1) is 5.56 Å². The van der Waals surface area contributed by atoms with Crippen LogP contribution in [0.25, 0.3) is 0 Å². The number of nitrogens with zero attached hydrogens (tertiary/aromatic N) is 2. The van der Waals surface area contributed by atoms with Gasteiger partial charge in [-0.15, -0.1) is 0 Å². The molecule has 1 fully saturated rings. The molecule has 0 bridgehead atoms. The van der Waals surface area contributed by atoms with E-state index < -0.39 is 0 Å². The molecule has 0 unspecified atom stereocenters. The van der Waals surface area contributed by atoms with Crippen LogP contribution in [-0.2, 0) is 6.54 Å². The molecule has 3 rings (SSSR count). The lowest BCUT2D eigenvalue weighted by Gasteiger charge is -2.22. The molecule has 1 saturated heterocycles. The van der Waals surface area contributed by atoms with Crippen LogP contribution in [0.5, 0.6) is 0 Å². The molecule has 1 aliphatic heterocycles. The number of aromatic amines is 1. The molecule has 1 atom stereocenters. The third-order valence-corrected chi connectivity index (χ3v) is 4.51. The maximum atomic E-state index is 12.7. The zero-order chi connectivity index (χ0) is 16.2. The van der Waals surface area contributed by atoms with Crippen LogP contribution in [0.1, 0.15) is 28.4 Å². The minimum atomic E-state index is 0.150. The van der Waals surface area contributed by atoms with E-state index in [4.69, 9.17) is 0 Å². The Labute approximate surface area is 138 Å². The minimum absolute atomic E-state index is 0.150. The molecule has 23 heavy (non-hydrogen) atoms. The predicted octanol–water partition coefficient (Wildman–Crippen LogP) is 2.92. The highest BCUT2D eigenvalue weighted by Crippen LogP contribution is 2.16. The van der Waals surface area contributed by atoms with Crippen molar-refractivity contribution in [3.8, 4) is 0 Å². The Morgan fingerprint density at radius 1 is 1.17 bits per heavy atom. The zero-order valence-electron chi connectivity index (χ0n) is 14.0. The molecule has 1 aromatic heterocycles. The van der Waals surface area contributed by atoms with Crippen LogP contribution in [0, 0.1) is 12.8 Å². The monoisotopic (exact) mass is 311 g/mol.